The van der Waals surface area contributed by atoms with Crippen molar-refractivity contribution in [3.63, 3.8) is 0 Å². The summed E-state index contributed by atoms with van der Waals surface area (Å²) in [5.74, 6) is 0. The Bertz CT molecular complexity index is 703. The van der Waals surface area contributed by atoms with E-state index in [4.69, 9.17) is 11.6 Å². The predicted molar refractivity (Wildman–Crippen MR) is 102 cm³/mol. The molecule has 0 heterocycles. The normalized spacial score (nSPS) is 10.3. The first kappa shape index (κ1) is 18.1. The second-order valence-corrected chi connectivity index (χ2v) is 6.17. The summed E-state index contributed by atoms with van der Waals surface area (Å²) in [6, 6.07) is 13.6. The average Bonchev–Trinajstić information content (AvgIpc) is 2.55. The minimum absolute atomic E-state index is 0.227. The largest absolute Gasteiger partial charge is 0.370 e. The van der Waals surface area contributed by atoms with Gasteiger partial charge in [-0.25, -0.2) is 4.79 Å². The van der Waals surface area contributed by atoms with Gasteiger partial charge in [0.15, 0.2) is 0 Å². The fraction of sp³-hybridized carbons (Fsp3) is 0.316. The maximum absolute atomic E-state index is 12.0. The van der Waals surface area contributed by atoms with E-state index in [0.717, 1.165) is 18.7 Å². The smallest absolute Gasteiger partial charge is 0.319 e. The van der Waals surface area contributed by atoms with E-state index in [-0.39, 0.29) is 6.03 Å². The highest BCUT2D eigenvalue weighted by Gasteiger charge is 2.06. The number of nitrogens with one attached hydrogen (secondary N) is 2. The molecule has 2 aromatic carbocycles. The molecule has 0 unspecified atom stereocenters. The Morgan fingerprint density at radius 1 is 1.17 bits per heavy atom. The molecule has 0 spiro atoms. The Kier molecular flexibility index (Phi) is 6.50. The Hall–Kier alpha value is -2.20. The molecule has 4 nitrogen and oxygen atoms in total. The molecule has 128 valence electrons. The molecule has 0 aliphatic heterocycles. The minimum atomic E-state index is -0.227. The van der Waals surface area contributed by atoms with Crippen LogP contribution in [0.3, 0.4) is 0 Å². The maximum atomic E-state index is 12.0. The molecule has 0 saturated heterocycles. The average molecular weight is 346 g/mol. The fourth-order valence-corrected chi connectivity index (χ4v) is 2.63. The second kappa shape index (κ2) is 8.60. The number of hydrogen-bond donors (Lipinski definition) is 2. The third-order valence-electron chi connectivity index (χ3n) is 3.85. The molecule has 24 heavy (non-hydrogen) atoms. The van der Waals surface area contributed by atoms with E-state index in [1.165, 1.54) is 11.3 Å². The maximum Gasteiger partial charge on any atom is 0.319 e. The van der Waals surface area contributed by atoms with Crippen molar-refractivity contribution in [3.8, 4) is 0 Å². The van der Waals surface area contributed by atoms with Crippen molar-refractivity contribution in [1.82, 2.24) is 5.32 Å². The summed E-state index contributed by atoms with van der Waals surface area (Å²) >= 11 is 6.06. The summed E-state index contributed by atoms with van der Waals surface area (Å²) in [7, 11) is 0. The number of carbonyl (C=O) groups is 1. The van der Waals surface area contributed by atoms with E-state index < -0.39 is 0 Å². The quantitative estimate of drug-likeness (QED) is 0.803. The number of hydrogen-bond acceptors (Lipinski definition) is 2. The zero-order chi connectivity index (χ0) is 17.5. The van der Waals surface area contributed by atoms with Crippen molar-refractivity contribution in [2.75, 3.05) is 29.9 Å². The molecule has 2 rings (SSSR count). The molecule has 0 radical (unpaired) electrons. The summed E-state index contributed by atoms with van der Waals surface area (Å²) in [5.41, 5.74) is 4.08. The third-order valence-corrected chi connectivity index (χ3v) is 4.25. The Morgan fingerprint density at radius 2 is 1.96 bits per heavy atom. The first-order chi connectivity index (χ1) is 11.5. The monoisotopic (exact) mass is 345 g/mol. The van der Waals surface area contributed by atoms with Gasteiger partial charge in [0.2, 0.25) is 0 Å². The van der Waals surface area contributed by atoms with Gasteiger partial charge < -0.3 is 15.5 Å². The number of nitrogens with zero attached hydrogens (tertiary/aromatic N) is 1. The van der Waals surface area contributed by atoms with Crippen molar-refractivity contribution in [1.29, 1.82) is 0 Å². The lowest BCUT2D eigenvalue weighted by molar-refractivity contribution is 0.252. The lowest BCUT2D eigenvalue weighted by Gasteiger charge is -2.23. The summed E-state index contributed by atoms with van der Waals surface area (Å²) in [6.45, 7) is 8.32. The van der Waals surface area contributed by atoms with E-state index in [9.17, 15) is 4.79 Å². The van der Waals surface area contributed by atoms with E-state index in [1.807, 2.05) is 19.1 Å². The van der Waals surface area contributed by atoms with Gasteiger partial charge >= 0.3 is 6.03 Å². The van der Waals surface area contributed by atoms with Crippen LogP contribution in [-0.2, 0) is 0 Å². The van der Waals surface area contributed by atoms with Gasteiger partial charge in [0.25, 0.3) is 0 Å². The Labute approximate surface area is 148 Å². The molecule has 2 aromatic rings. The number of anilines is 2. The van der Waals surface area contributed by atoms with Gasteiger partial charge in [-0.05, 0) is 56.2 Å². The Balaban J connectivity index is 1.83. The van der Waals surface area contributed by atoms with E-state index in [1.54, 1.807) is 6.07 Å². The molecule has 0 aromatic heterocycles. The number of halogens is 1. The zero-order valence-corrected chi connectivity index (χ0v) is 15.2. The van der Waals surface area contributed by atoms with Crippen LogP contribution in [0.25, 0.3) is 0 Å². The van der Waals surface area contributed by atoms with Crippen molar-refractivity contribution < 1.29 is 4.79 Å². The molecule has 0 fully saturated rings. The molecule has 2 amide bonds. The van der Waals surface area contributed by atoms with Crippen LogP contribution < -0.4 is 15.5 Å². The number of amides is 2. The van der Waals surface area contributed by atoms with Crippen LogP contribution in [0.5, 0.6) is 0 Å². The van der Waals surface area contributed by atoms with Gasteiger partial charge in [-0.1, -0.05) is 29.8 Å². The highest BCUT2D eigenvalue weighted by Crippen LogP contribution is 2.19. The minimum Gasteiger partial charge on any atom is -0.370 e. The summed E-state index contributed by atoms with van der Waals surface area (Å²) in [4.78, 5) is 14.2. The summed E-state index contributed by atoms with van der Waals surface area (Å²) in [6.07, 6.45) is 0. The van der Waals surface area contributed by atoms with Gasteiger partial charge in [0.1, 0.15) is 0 Å². The number of urea groups is 1. The molecule has 0 atom stereocenters. The van der Waals surface area contributed by atoms with Gasteiger partial charge in [0, 0.05) is 36.0 Å². The van der Waals surface area contributed by atoms with Gasteiger partial charge in [-0.2, -0.15) is 0 Å². The standard InChI is InChI=1S/C19H24ClN3O/c1-4-23(17-7-5-6-14(2)12-17)11-10-21-19(24)22-16-9-8-15(3)18(20)13-16/h5-9,12-13H,4,10-11H2,1-3H3,(H2,21,22,24). The van der Waals surface area contributed by atoms with Crippen LogP contribution in [0.1, 0.15) is 18.1 Å². The molecule has 2 N–H and O–H groups in total. The number of benzene rings is 2. The molecule has 0 aliphatic carbocycles. The predicted octanol–water partition coefficient (Wildman–Crippen LogP) is 4.60. The number of aryl methyl sites for hydroxylation is 2. The van der Waals surface area contributed by atoms with Gasteiger partial charge in [0.05, 0.1) is 0 Å². The van der Waals surface area contributed by atoms with Crippen LogP contribution in [0.2, 0.25) is 5.02 Å². The van der Waals surface area contributed by atoms with Crippen molar-refractivity contribution >= 4 is 29.0 Å². The van der Waals surface area contributed by atoms with Gasteiger partial charge in [-0.3, -0.25) is 0 Å². The number of likely N-dealkylation sites (N-methyl/N-ethyl adjacent to an activating group) is 1. The van der Waals surface area contributed by atoms with Crippen LogP contribution in [0, 0.1) is 13.8 Å². The number of carbonyl (C=O) groups excluding carboxylic acids is 1. The zero-order valence-electron chi connectivity index (χ0n) is 14.4. The van der Waals surface area contributed by atoms with Crippen LogP contribution in [-0.4, -0.2) is 25.7 Å². The third kappa shape index (κ3) is 5.17. The van der Waals surface area contributed by atoms with E-state index in [2.05, 4.69) is 53.6 Å². The van der Waals surface area contributed by atoms with Crippen molar-refractivity contribution in [2.45, 2.75) is 20.8 Å². The highest BCUT2D eigenvalue weighted by atomic mass is 35.5. The van der Waals surface area contributed by atoms with Crippen LogP contribution >= 0.6 is 11.6 Å². The Morgan fingerprint density at radius 3 is 2.62 bits per heavy atom. The molecule has 0 saturated carbocycles. The lowest BCUT2D eigenvalue weighted by atomic mass is 10.2. The van der Waals surface area contributed by atoms with Crippen molar-refractivity contribution in [3.05, 3.63) is 58.6 Å². The topological polar surface area (TPSA) is 44.4 Å². The van der Waals surface area contributed by atoms with E-state index >= 15 is 0 Å². The van der Waals surface area contributed by atoms with E-state index in [0.29, 0.717) is 17.3 Å². The summed E-state index contributed by atoms with van der Waals surface area (Å²) < 4.78 is 0. The molecular weight excluding hydrogens is 322 g/mol. The first-order valence-electron chi connectivity index (χ1n) is 8.12. The fourth-order valence-electron chi connectivity index (χ4n) is 2.44. The van der Waals surface area contributed by atoms with Gasteiger partial charge in [-0.15, -0.1) is 0 Å². The molecule has 5 heteroatoms. The highest BCUT2D eigenvalue weighted by molar-refractivity contribution is 6.31. The second-order valence-electron chi connectivity index (χ2n) is 5.76. The number of rotatable bonds is 6. The molecule has 0 bridgehead atoms. The summed E-state index contributed by atoms with van der Waals surface area (Å²) in [5, 5.41) is 6.32. The SMILES string of the molecule is CCN(CCNC(=O)Nc1ccc(C)c(Cl)c1)c1cccc(C)c1. The molecular formula is C19H24ClN3O. The first-order valence-corrected chi connectivity index (χ1v) is 8.50. The lowest BCUT2D eigenvalue weighted by Crippen LogP contribution is -2.37. The van der Waals surface area contributed by atoms with Crippen molar-refractivity contribution in [2.24, 2.45) is 0 Å². The van der Waals surface area contributed by atoms with Crippen LogP contribution in [0.4, 0.5) is 16.2 Å². The molecule has 0 aliphatic rings. The van der Waals surface area contributed by atoms with Crippen LogP contribution in [0.15, 0.2) is 42.5 Å².